The minimum atomic E-state index is -0.345. The van der Waals surface area contributed by atoms with Crippen molar-refractivity contribution in [3.05, 3.63) is 47.2 Å². The predicted octanol–water partition coefficient (Wildman–Crippen LogP) is 1.57. The van der Waals surface area contributed by atoms with E-state index < -0.39 is 0 Å². The molecule has 8 heteroatoms. The van der Waals surface area contributed by atoms with Crippen LogP contribution >= 0.6 is 12.4 Å². The summed E-state index contributed by atoms with van der Waals surface area (Å²) in [5.41, 5.74) is 6.96. The second kappa shape index (κ2) is 8.30. The summed E-state index contributed by atoms with van der Waals surface area (Å²) in [6, 6.07) is 8.57. The Labute approximate surface area is 140 Å². The van der Waals surface area contributed by atoms with Crippen LogP contribution in [0.5, 0.6) is 0 Å². The molecule has 124 valence electrons. The first kappa shape index (κ1) is 18.7. The van der Waals surface area contributed by atoms with E-state index in [9.17, 15) is 9.59 Å². The number of nitrogens with zero attached hydrogens (tertiary/aromatic N) is 2. The Morgan fingerprint density at radius 3 is 2.48 bits per heavy atom. The van der Waals surface area contributed by atoms with Gasteiger partial charge in [-0.3, -0.25) is 9.59 Å². The van der Waals surface area contributed by atoms with E-state index in [0.717, 1.165) is 5.56 Å². The molecule has 0 aliphatic heterocycles. The molecule has 1 aromatic carbocycles. The van der Waals surface area contributed by atoms with Gasteiger partial charge < -0.3 is 20.5 Å². The maximum atomic E-state index is 12.2. The Balaban J connectivity index is 0.00000264. The van der Waals surface area contributed by atoms with Gasteiger partial charge >= 0.3 is 0 Å². The third-order valence-electron chi connectivity index (χ3n) is 3.06. The third kappa shape index (κ3) is 5.08. The topological polar surface area (TPSA) is 101 Å². The van der Waals surface area contributed by atoms with Gasteiger partial charge in [0.25, 0.3) is 5.91 Å². The number of aromatic nitrogens is 1. The van der Waals surface area contributed by atoms with Gasteiger partial charge in [-0.15, -0.1) is 12.4 Å². The Hall–Kier alpha value is -2.38. The molecule has 0 fully saturated rings. The molecule has 0 aliphatic rings. The van der Waals surface area contributed by atoms with E-state index >= 15 is 0 Å². The first-order chi connectivity index (χ1) is 10.5. The average molecular weight is 339 g/mol. The van der Waals surface area contributed by atoms with Crippen molar-refractivity contribution in [2.24, 2.45) is 5.73 Å². The molecule has 0 spiro atoms. The summed E-state index contributed by atoms with van der Waals surface area (Å²) < 4.78 is 4.85. The highest BCUT2D eigenvalue weighted by Crippen LogP contribution is 2.08. The van der Waals surface area contributed by atoms with Gasteiger partial charge in [0, 0.05) is 25.2 Å². The van der Waals surface area contributed by atoms with Crippen LogP contribution in [0.1, 0.15) is 21.7 Å². The van der Waals surface area contributed by atoms with Crippen molar-refractivity contribution >= 4 is 30.0 Å². The van der Waals surface area contributed by atoms with Crippen LogP contribution in [0.3, 0.4) is 0 Å². The van der Waals surface area contributed by atoms with Crippen molar-refractivity contribution in [2.45, 2.75) is 13.5 Å². The van der Waals surface area contributed by atoms with Crippen molar-refractivity contribution < 1.29 is 14.1 Å². The molecule has 0 radical (unpaired) electrons. The Bertz CT molecular complexity index is 670. The molecule has 0 saturated heterocycles. The lowest BCUT2D eigenvalue weighted by atomic mass is 10.1. The van der Waals surface area contributed by atoms with Crippen LogP contribution < -0.4 is 11.1 Å². The number of hydrogen-bond donors (Lipinski definition) is 2. The van der Waals surface area contributed by atoms with Gasteiger partial charge in [0.1, 0.15) is 5.76 Å². The largest absolute Gasteiger partial charge is 0.360 e. The second-order valence-electron chi connectivity index (χ2n) is 4.93. The fourth-order valence-electron chi connectivity index (χ4n) is 1.90. The van der Waals surface area contributed by atoms with E-state index in [-0.39, 0.29) is 30.8 Å². The summed E-state index contributed by atoms with van der Waals surface area (Å²) in [5, 5.41) is 6.23. The molecule has 2 rings (SSSR count). The van der Waals surface area contributed by atoms with Gasteiger partial charge in [0.2, 0.25) is 5.91 Å². The number of carbonyl (C=O) groups is 2. The molecule has 0 unspecified atom stereocenters. The minimum absolute atomic E-state index is 0. The standard InChI is InChI=1S/C15H18N4O3.ClH/c1-10-7-13(18-22-10)17-14(20)9-19(2)15(21)12-5-3-11(8-16)4-6-12;/h3-7H,8-9,16H2,1-2H3,(H,17,18,20);1H. The summed E-state index contributed by atoms with van der Waals surface area (Å²) in [6.07, 6.45) is 0. The number of rotatable bonds is 5. The number of halogens is 1. The number of aryl methyl sites for hydroxylation is 1. The van der Waals surface area contributed by atoms with Crippen LogP contribution in [0.4, 0.5) is 5.82 Å². The maximum absolute atomic E-state index is 12.2. The summed E-state index contributed by atoms with van der Waals surface area (Å²) >= 11 is 0. The normalized spacial score (nSPS) is 9.87. The van der Waals surface area contributed by atoms with Crippen LogP contribution in [0.2, 0.25) is 0 Å². The quantitative estimate of drug-likeness (QED) is 0.861. The molecule has 2 aromatic rings. The van der Waals surface area contributed by atoms with Gasteiger partial charge in [-0.2, -0.15) is 0 Å². The lowest BCUT2D eigenvalue weighted by Crippen LogP contribution is -2.35. The number of nitrogens with two attached hydrogens (primary N) is 1. The molecule has 0 atom stereocenters. The Morgan fingerprint density at radius 1 is 1.30 bits per heavy atom. The molecular formula is C15H19ClN4O3. The molecule has 23 heavy (non-hydrogen) atoms. The summed E-state index contributed by atoms with van der Waals surface area (Å²) in [6.45, 7) is 2.07. The second-order valence-corrected chi connectivity index (χ2v) is 4.93. The van der Waals surface area contributed by atoms with Crippen molar-refractivity contribution in [1.29, 1.82) is 0 Å². The monoisotopic (exact) mass is 338 g/mol. The molecule has 7 nitrogen and oxygen atoms in total. The summed E-state index contributed by atoms with van der Waals surface area (Å²) in [7, 11) is 1.56. The number of anilines is 1. The SMILES string of the molecule is Cc1cc(NC(=O)CN(C)C(=O)c2ccc(CN)cc2)no1.Cl. The van der Waals surface area contributed by atoms with Gasteiger partial charge in [-0.05, 0) is 24.6 Å². The summed E-state index contributed by atoms with van der Waals surface area (Å²) in [5.74, 6) is 0.341. The zero-order valence-electron chi connectivity index (χ0n) is 12.9. The molecule has 0 aliphatic carbocycles. The highest BCUT2D eigenvalue weighted by Gasteiger charge is 2.15. The number of nitrogens with one attached hydrogen (secondary N) is 1. The van der Waals surface area contributed by atoms with Gasteiger partial charge in [-0.25, -0.2) is 0 Å². The highest BCUT2D eigenvalue weighted by molar-refractivity contribution is 5.98. The van der Waals surface area contributed by atoms with E-state index in [2.05, 4.69) is 10.5 Å². The maximum Gasteiger partial charge on any atom is 0.254 e. The van der Waals surface area contributed by atoms with E-state index in [0.29, 0.717) is 23.7 Å². The first-order valence-electron chi connectivity index (χ1n) is 6.77. The van der Waals surface area contributed by atoms with Crippen molar-refractivity contribution in [2.75, 3.05) is 18.9 Å². The van der Waals surface area contributed by atoms with E-state index in [4.69, 9.17) is 10.3 Å². The number of likely N-dealkylation sites (N-methyl/N-ethyl adjacent to an activating group) is 1. The van der Waals surface area contributed by atoms with Crippen LogP contribution in [0.15, 0.2) is 34.9 Å². The molecule has 1 heterocycles. The Morgan fingerprint density at radius 2 is 1.96 bits per heavy atom. The van der Waals surface area contributed by atoms with Crippen molar-refractivity contribution in [1.82, 2.24) is 10.1 Å². The predicted molar refractivity (Wildman–Crippen MR) is 88.4 cm³/mol. The Kier molecular flexibility index (Phi) is 6.74. The molecule has 0 saturated carbocycles. The molecule has 3 N–H and O–H groups in total. The highest BCUT2D eigenvalue weighted by atomic mass is 35.5. The molecular weight excluding hydrogens is 320 g/mol. The smallest absolute Gasteiger partial charge is 0.254 e. The van der Waals surface area contributed by atoms with Crippen LogP contribution in [0.25, 0.3) is 0 Å². The lowest BCUT2D eigenvalue weighted by molar-refractivity contribution is -0.116. The fraction of sp³-hybridized carbons (Fsp3) is 0.267. The molecule has 0 bridgehead atoms. The number of hydrogen-bond acceptors (Lipinski definition) is 5. The molecule has 2 amide bonds. The van der Waals surface area contributed by atoms with Crippen LogP contribution in [-0.2, 0) is 11.3 Å². The zero-order valence-corrected chi connectivity index (χ0v) is 13.7. The van der Waals surface area contributed by atoms with Gasteiger partial charge in [0.05, 0.1) is 6.54 Å². The average Bonchev–Trinajstić information content (AvgIpc) is 2.91. The van der Waals surface area contributed by atoms with E-state index in [1.165, 1.54) is 4.90 Å². The van der Waals surface area contributed by atoms with Crippen LogP contribution in [0, 0.1) is 6.92 Å². The van der Waals surface area contributed by atoms with E-state index in [1.807, 2.05) is 0 Å². The van der Waals surface area contributed by atoms with Gasteiger partial charge in [0.15, 0.2) is 5.82 Å². The summed E-state index contributed by atoms with van der Waals surface area (Å²) in [4.78, 5) is 25.4. The minimum Gasteiger partial charge on any atom is -0.360 e. The fourth-order valence-corrected chi connectivity index (χ4v) is 1.90. The van der Waals surface area contributed by atoms with E-state index in [1.54, 1.807) is 44.3 Å². The molecule has 1 aromatic heterocycles. The number of benzene rings is 1. The first-order valence-corrected chi connectivity index (χ1v) is 6.77. The van der Waals surface area contributed by atoms with Crippen molar-refractivity contribution in [3.8, 4) is 0 Å². The number of carbonyl (C=O) groups excluding carboxylic acids is 2. The van der Waals surface area contributed by atoms with Crippen molar-refractivity contribution in [3.63, 3.8) is 0 Å². The lowest BCUT2D eigenvalue weighted by Gasteiger charge is -2.16. The third-order valence-corrected chi connectivity index (χ3v) is 3.06. The van der Waals surface area contributed by atoms with Crippen LogP contribution in [-0.4, -0.2) is 35.5 Å². The number of amides is 2. The zero-order chi connectivity index (χ0) is 16.1. The van der Waals surface area contributed by atoms with Gasteiger partial charge in [-0.1, -0.05) is 17.3 Å².